The van der Waals surface area contributed by atoms with Crippen molar-refractivity contribution in [2.75, 3.05) is 0 Å². The van der Waals surface area contributed by atoms with Gasteiger partial charge in [0.1, 0.15) is 0 Å². The Morgan fingerprint density at radius 3 is 2.00 bits per heavy atom. The van der Waals surface area contributed by atoms with E-state index in [-0.39, 0.29) is 5.92 Å². The second-order valence-corrected chi connectivity index (χ2v) is 4.51. The van der Waals surface area contributed by atoms with Crippen LogP contribution in [0.25, 0.3) is 0 Å². The summed E-state index contributed by atoms with van der Waals surface area (Å²) in [6.07, 6.45) is 0. The van der Waals surface area contributed by atoms with Crippen molar-refractivity contribution < 1.29 is 5.11 Å². The van der Waals surface area contributed by atoms with E-state index in [9.17, 15) is 5.11 Å². The molecular weight excluding hydrogens is 128 g/mol. The number of hydrogen-bond acceptors (Lipinski definition) is 1. The molecule has 0 aliphatic carbocycles. The Morgan fingerprint density at radius 2 is 2.00 bits per heavy atom. The second-order valence-electron chi connectivity index (χ2n) is 3.22. The highest BCUT2D eigenvalue weighted by Crippen LogP contribution is 2.19. The molecule has 0 heterocycles. The summed E-state index contributed by atoms with van der Waals surface area (Å²) in [4.78, 5) is 0. The van der Waals surface area contributed by atoms with Gasteiger partial charge >= 0.3 is 0 Å². The molecule has 0 aliphatic heterocycles. The zero-order valence-corrected chi connectivity index (χ0v) is 8.73. The topological polar surface area (TPSA) is 20.2 Å². The quantitative estimate of drug-likeness (QED) is 0.552. The minimum absolute atomic E-state index is 0.240. The van der Waals surface area contributed by atoms with E-state index in [0.29, 0.717) is 0 Å². The fraction of sp³-hybridized carbons (Fsp3) is 0.714. The van der Waals surface area contributed by atoms with Crippen molar-refractivity contribution in [3.05, 3.63) is 11.8 Å². The molecule has 0 aromatic heterocycles. The summed E-state index contributed by atoms with van der Waals surface area (Å²) in [7, 11) is 0.979. The molecule has 54 valence electrons. The van der Waals surface area contributed by atoms with Crippen LogP contribution in [0.15, 0.2) is 11.8 Å². The average Bonchev–Trinajstić information content (AvgIpc) is 1.62. The molecule has 0 saturated heterocycles. The first-order valence-electron chi connectivity index (χ1n) is 3.23. The normalized spacial score (nSPS) is 15.6. The molecule has 0 aromatic rings. The van der Waals surface area contributed by atoms with E-state index < -0.39 is 5.60 Å². The van der Waals surface area contributed by atoms with Crippen LogP contribution >= 0.6 is 0 Å². The van der Waals surface area contributed by atoms with Crippen molar-refractivity contribution in [2.45, 2.75) is 26.4 Å². The van der Waals surface area contributed by atoms with Crippen LogP contribution in [0.1, 0.15) is 20.8 Å². The predicted octanol–water partition coefficient (Wildman–Crippen LogP) is 0.273. The fourth-order valence-electron chi connectivity index (χ4n) is 0.603. The van der Waals surface area contributed by atoms with Crippen LogP contribution in [0.5, 0.6) is 0 Å². The highest BCUT2D eigenvalue weighted by atomic mass is 28.1. The first kappa shape index (κ1) is 8.92. The molecule has 0 fully saturated rings. The van der Waals surface area contributed by atoms with Gasteiger partial charge in [0.2, 0.25) is 0 Å². The summed E-state index contributed by atoms with van der Waals surface area (Å²) in [5, 5.41) is 10.6. The smallest absolute Gasteiger partial charge is 0.0649 e. The van der Waals surface area contributed by atoms with Crippen molar-refractivity contribution in [3.8, 4) is 0 Å². The molecule has 1 nitrogen and oxygen atoms in total. The summed E-state index contributed by atoms with van der Waals surface area (Å²) < 4.78 is 0. The molecule has 1 unspecified atom stereocenters. The monoisotopic (exact) mass is 144 g/mol. The molecule has 0 rings (SSSR count). The Morgan fingerprint density at radius 1 is 1.67 bits per heavy atom. The molecule has 0 radical (unpaired) electrons. The van der Waals surface area contributed by atoms with E-state index in [4.69, 9.17) is 0 Å². The lowest BCUT2D eigenvalue weighted by atomic mass is 9.93. The van der Waals surface area contributed by atoms with Gasteiger partial charge in [-0.2, -0.15) is 0 Å². The largest absolute Gasteiger partial charge is 0.390 e. The van der Waals surface area contributed by atoms with Gasteiger partial charge in [-0.05, 0) is 13.8 Å². The van der Waals surface area contributed by atoms with Crippen molar-refractivity contribution in [1.82, 2.24) is 0 Å². The molecule has 0 spiro atoms. The summed E-state index contributed by atoms with van der Waals surface area (Å²) in [6.45, 7) is 9.47. The van der Waals surface area contributed by atoms with E-state index in [1.165, 1.54) is 5.20 Å². The molecule has 1 atom stereocenters. The minimum atomic E-state index is -0.584. The van der Waals surface area contributed by atoms with Gasteiger partial charge in [-0.25, -0.2) is 0 Å². The molecule has 0 bridgehead atoms. The van der Waals surface area contributed by atoms with Gasteiger partial charge < -0.3 is 5.11 Å². The third-order valence-corrected chi connectivity index (χ3v) is 2.66. The molecule has 0 aromatic carbocycles. The standard InChI is InChI=1S/C7H16OSi/c1-5(6(2)9)7(3,4)8/h5,8H,2H2,1,3-4,9H3. The summed E-state index contributed by atoms with van der Waals surface area (Å²) in [6, 6.07) is 0. The van der Waals surface area contributed by atoms with Crippen LogP contribution in [-0.4, -0.2) is 21.0 Å². The molecule has 1 N–H and O–H groups in total. The Kier molecular flexibility index (Phi) is 2.64. The first-order valence-corrected chi connectivity index (χ1v) is 4.23. The van der Waals surface area contributed by atoms with Crippen LogP contribution < -0.4 is 0 Å². The van der Waals surface area contributed by atoms with Crippen LogP contribution in [0, 0.1) is 5.92 Å². The van der Waals surface area contributed by atoms with Crippen LogP contribution in [0.3, 0.4) is 0 Å². The molecule has 0 amide bonds. The molecule has 2 heteroatoms. The van der Waals surface area contributed by atoms with Gasteiger partial charge in [0.15, 0.2) is 0 Å². The van der Waals surface area contributed by atoms with Crippen LogP contribution in [-0.2, 0) is 0 Å². The molecule has 9 heavy (non-hydrogen) atoms. The maximum absolute atomic E-state index is 9.42. The summed E-state index contributed by atoms with van der Waals surface area (Å²) >= 11 is 0. The first-order chi connectivity index (χ1) is 3.85. The number of hydrogen-bond donors (Lipinski definition) is 1. The van der Waals surface area contributed by atoms with E-state index in [2.05, 4.69) is 6.58 Å². The van der Waals surface area contributed by atoms with Crippen molar-refractivity contribution >= 4 is 10.2 Å². The Labute approximate surface area is 60.2 Å². The molecular formula is C7H16OSi. The molecule has 0 aliphatic rings. The zero-order valence-electron chi connectivity index (χ0n) is 6.73. The summed E-state index contributed by atoms with van der Waals surface area (Å²) in [5.74, 6) is 0.240. The van der Waals surface area contributed by atoms with E-state index >= 15 is 0 Å². The lowest BCUT2D eigenvalue weighted by Crippen LogP contribution is -2.29. The molecule has 0 saturated carbocycles. The number of aliphatic hydroxyl groups is 1. The summed E-state index contributed by atoms with van der Waals surface area (Å²) in [5.41, 5.74) is -0.584. The van der Waals surface area contributed by atoms with Crippen molar-refractivity contribution in [1.29, 1.82) is 0 Å². The van der Waals surface area contributed by atoms with Gasteiger partial charge in [0.25, 0.3) is 0 Å². The highest BCUT2D eigenvalue weighted by Gasteiger charge is 2.21. The van der Waals surface area contributed by atoms with E-state index in [0.717, 1.165) is 10.2 Å². The predicted molar refractivity (Wildman–Crippen MR) is 44.5 cm³/mol. The zero-order chi connectivity index (χ0) is 7.65. The maximum Gasteiger partial charge on any atom is 0.0649 e. The second kappa shape index (κ2) is 2.67. The Balaban J connectivity index is 4.04. The van der Waals surface area contributed by atoms with Gasteiger partial charge in [0, 0.05) is 16.2 Å². The lowest BCUT2D eigenvalue weighted by molar-refractivity contribution is 0.0425. The fourth-order valence-corrected chi connectivity index (χ4v) is 1.31. The van der Waals surface area contributed by atoms with E-state index in [1.54, 1.807) is 0 Å². The van der Waals surface area contributed by atoms with Crippen LogP contribution in [0.2, 0.25) is 0 Å². The third-order valence-electron chi connectivity index (χ3n) is 1.80. The highest BCUT2D eigenvalue weighted by molar-refractivity contribution is 6.21. The van der Waals surface area contributed by atoms with Gasteiger partial charge in [0.05, 0.1) is 5.60 Å². The Bertz CT molecular complexity index is 113. The third kappa shape index (κ3) is 2.82. The van der Waals surface area contributed by atoms with Gasteiger partial charge in [-0.1, -0.05) is 12.1 Å². The average molecular weight is 144 g/mol. The van der Waals surface area contributed by atoms with Crippen molar-refractivity contribution in [3.63, 3.8) is 0 Å². The van der Waals surface area contributed by atoms with Crippen molar-refractivity contribution in [2.24, 2.45) is 5.92 Å². The van der Waals surface area contributed by atoms with Gasteiger partial charge in [-0.15, -0.1) is 6.58 Å². The van der Waals surface area contributed by atoms with E-state index in [1.807, 2.05) is 20.8 Å². The minimum Gasteiger partial charge on any atom is -0.390 e. The van der Waals surface area contributed by atoms with Crippen LogP contribution in [0.4, 0.5) is 0 Å². The Hall–Kier alpha value is -0.0831. The SMILES string of the molecule is C=C([SiH3])C(C)C(C)(C)O. The number of rotatable bonds is 2. The lowest BCUT2D eigenvalue weighted by Gasteiger charge is -2.25. The van der Waals surface area contributed by atoms with Gasteiger partial charge in [-0.3, -0.25) is 0 Å². The maximum atomic E-state index is 9.42.